The van der Waals surface area contributed by atoms with Gasteiger partial charge in [0.1, 0.15) is 11.6 Å². The maximum absolute atomic E-state index is 5.62. The van der Waals surface area contributed by atoms with Crippen LogP contribution in [-0.2, 0) is 11.3 Å². The van der Waals surface area contributed by atoms with Gasteiger partial charge in [0.2, 0.25) is 0 Å². The zero-order chi connectivity index (χ0) is 22.3. The first-order chi connectivity index (χ1) is 15.7. The fraction of sp³-hybridized carbons (Fsp3) is 0.500. The molecule has 0 saturated carbocycles. The molecule has 2 aliphatic heterocycles. The first-order valence-electron chi connectivity index (χ1n) is 11.3. The Kier molecular flexibility index (Phi) is 7.32. The van der Waals surface area contributed by atoms with Crippen molar-refractivity contribution in [3.8, 4) is 5.75 Å². The number of para-hydroxylation sites is 2. The molecule has 0 amide bonds. The third kappa shape index (κ3) is 5.24. The molecule has 172 valence electrons. The topological polar surface area (TPSA) is 65.5 Å². The number of piperazine rings is 1. The molecule has 1 N–H and O–H groups in total. The zero-order valence-corrected chi connectivity index (χ0v) is 19.3. The number of pyridine rings is 1. The van der Waals surface area contributed by atoms with Gasteiger partial charge in [0.15, 0.2) is 5.96 Å². The summed E-state index contributed by atoms with van der Waals surface area (Å²) in [5.74, 6) is 2.86. The highest BCUT2D eigenvalue weighted by Crippen LogP contribution is 2.28. The number of methoxy groups -OCH3 is 1. The minimum atomic E-state index is 0.249. The maximum atomic E-state index is 5.62. The van der Waals surface area contributed by atoms with Crippen LogP contribution in [0.2, 0.25) is 0 Å². The quantitative estimate of drug-likeness (QED) is 0.567. The highest BCUT2D eigenvalue weighted by Gasteiger charge is 2.22. The van der Waals surface area contributed by atoms with Gasteiger partial charge in [-0.25, -0.2) is 4.98 Å². The second-order valence-electron chi connectivity index (χ2n) is 8.20. The average Bonchev–Trinajstić information content (AvgIpc) is 2.85. The molecule has 1 atom stereocenters. The molecule has 2 aromatic rings. The van der Waals surface area contributed by atoms with Crippen molar-refractivity contribution >= 4 is 17.5 Å². The van der Waals surface area contributed by atoms with Crippen LogP contribution in [0.25, 0.3) is 0 Å². The molecule has 8 nitrogen and oxygen atoms in total. The first kappa shape index (κ1) is 22.2. The molecule has 2 aliphatic rings. The second-order valence-corrected chi connectivity index (χ2v) is 8.20. The Balaban J connectivity index is 1.29. The van der Waals surface area contributed by atoms with Crippen LogP contribution in [-0.4, -0.2) is 82.0 Å². The molecule has 8 heteroatoms. The van der Waals surface area contributed by atoms with E-state index in [9.17, 15) is 0 Å². The van der Waals surface area contributed by atoms with Crippen LogP contribution >= 0.6 is 0 Å². The molecule has 4 rings (SSSR count). The summed E-state index contributed by atoms with van der Waals surface area (Å²) in [5.41, 5.74) is 2.29. The highest BCUT2D eigenvalue weighted by molar-refractivity contribution is 5.80. The van der Waals surface area contributed by atoms with E-state index in [0.29, 0.717) is 6.54 Å². The molecule has 0 radical (unpaired) electrons. The highest BCUT2D eigenvalue weighted by atomic mass is 16.5. The van der Waals surface area contributed by atoms with E-state index < -0.39 is 0 Å². The van der Waals surface area contributed by atoms with Crippen LogP contribution in [0.15, 0.2) is 47.6 Å². The van der Waals surface area contributed by atoms with Gasteiger partial charge in [-0.15, -0.1) is 0 Å². The molecule has 1 aromatic carbocycles. The van der Waals surface area contributed by atoms with Crippen molar-refractivity contribution < 1.29 is 9.47 Å². The predicted molar refractivity (Wildman–Crippen MR) is 129 cm³/mol. The van der Waals surface area contributed by atoms with Crippen molar-refractivity contribution in [2.45, 2.75) is 19.6 Å². The van der Waals surface area contributed by atoms with Gasteiger partial charge in [-0.05, 0) is 30.7 Å². The number of guanidine groups is 1. The fourth-order valence-electron chi connectivity index (χ4n) is 4.30. The van der Waals surface area contributed by atoms with E-state index in [-0.39, 0.29) is 6.10 Å². The summed E-state index contributed by atoms with van der Waals surface area (Å²) >= 11 is 0. The number of aromatic nitrogens is 1. The maximum Gasteiger partial charge on any atom is 0.194 e. The number of aliphatic imine (C=N–C) groups is 1. The summed E-state index contributed by atoms with van der Waals surface area (Å²) < 4.78 is 11.2. The molecule has 1 aromatic heterocycles. The molecule has 0 spiro atoms. The van der Waals surface area contributed by atoms with Crippen LogP contribution in [0.5, 0.6) is 5.75 Å². The number of morpholine rings is 1. The van der Waals surface area contributed by atoms with Crippen LogP contribution in [0, 0.1) is 0 Å². The molecule has 3 heterocycles. The molecule has 0 aliphatic carbocycles. The van der Waals surface area contributed by atoms with Gasteiger partial charge < -0.3 is 29.5 Å². The normalized spacial score (nSPS) is 19.8. The number of ether oxygens (including phenoxy) is 2. The number of nitrogens with zero attached hydrogens (tertiary/aromatic N) is 5. The Hall–Kier alpha value is -3.00. The van der Waals surface area contributed by atoms with Crippen LogP contribution in [0.3, 0.4) is 0 Å². The van der Waals surface area contributed by atoms with E-state index >= 15 is 0 Å². The van der Waals surface area contributed by atoms with Crippen molar-refractivity contribution in [2.75, 3.05) is 69.8 Å². The van der Waals surface area contributed by atoms with Gasteiger partial charge in [-0.3, -0.25) is 4.99 Å². The van der Waals surface area contributed by atoms with Crippen molar-refractivity contribution in [3.05, 3.63) is 48.2 Å². The van der Waals surface area contributed by atoms with E-state index in [1.54, 1.807) is 7.11 Å². The lowest BCUT2D eigenvalue weighted by Gasteiger charge is -2.38. The number of benzene rings is 1. The summed E-state index contributed by atoms with van der Waals surface area (Å²) in [6.07, 6.45) is 2.20. The van der Waals surface area contributed by atoms with E-state index in [2.05, 4.69) is 61.2 Å². The lowest BCUT2D eigenvalue weighted by atomic mass is 10.2. The molecule has 2 fully saturated rings. The van der Waals surface area contributed by atoms with Gasteiger partial charge in [0.05, 0.1) is 25.5 Å². The largest absolute Gasteiger partial charge is 0.495 e. The fourth-order valence-corrected chi connectivity index (χ4v) is 4.30. The SMILES string of the molecule is CN=C(NCc1ccc(N2CCOC(C)C2)nc1)N1CCN(c2ccccc2OC)CC1. The molecular weight excluding hydrogens is 404 g/mol. The third-order valence-corrected chi connectivity index (χ3v) is 6.04. The van der Waals surface area contributed by atoms with Crippen LogP contribution < -0.4 is 19.9 Å². The lowest BCUT2D eigenvalue weighted by molar-refractivity contribution is 0.0529. The van der Waals surface area contributed by atoms with Crippen molar-refractivity contribution in [3.63, 3.8) is 0 Å². The number of hydrogen-bond donors (Lipinski definition) is 1. The Morgan fingerprint density at radius 2 is 1.94 bits per heavy atom. The average molecular weight is 439 g/mol. The number of rotatable bonds is 5. The van der Waals surface area contributed by atoms with Crippen molar-refractivity contribution in [2.24, 2.45) is 4.99 Å². The van der Waals surface area contributed by atoms with Crippen molar-refractivity contribution in [1.82, 2.24) is 15.2 Å². The van der Waals surface area contributed by atoms with Gasteiger partial charge in [0, 0.05) is 59.1 Å². The second kappa shape index (κ2) is 10.5. The van der Waals surface area contributed by atoms with Gasteiger partial charge in [-0.1, -0.05) is 18.2 Å². The standard InChI is InChI=1S/C24H34N6O2/c1-19-18-30(14-15-32-19)23-9-8-20(16-26-23)17-27-24(25-2)29-12-10-28(11-13-29)21-6-4-5-7-22(21)31-3/h4-9,16,19H,10-15,17-18H2,1-3H3,(H,25,27). The molecule has 0 bridgehead atoms. The number of anilines is 2. The summed E-state index contributed by atoms with van der Waals surface area (Å²) in [6, 6.07) is 12.4. The smallest absolute Gasteiger partial charge is 0.194 e. The summed E-state index contributed by atoms with van der Waals surface area (Å²) in [7, 11) is 3.57. The summed E-state index contributed by atoms with van der Waals surface area (Å²) in [6.45, 7) is 9.00. The van der Waals surface area contributed by atoms with E-state index in [1.807, 2.05) is 25.4 Å². The number of hydrogen-bond acceptors (Lipinski definition) is 6. The molecule has 32 heavy (non-hydrogen) atoms. The van der Waals surface area contributed by atoms with E-state index in [0.717, 1.165) is 74.7 Å². The van der Waals surface area contributed by atoms with Crippen molar-refractivity contribution in [1.29, 1.82) is 0 Å². The Morgan fingerprint density at radius 1 is 1.12 bits per heavy atom. The predicted octanol–water partition coefficient (Wildman–Crippen LogP) is 2.21. The third-order valence-electron chi connectivity index (χ3n) is 6.04. The first-order valence-corrected chi connectivity index (χ1v) is 11.3. The van der Waals surface area contributed by atoms with Gasteiger partial charge >= 0.3 is 0 Å². The molecular formula is C24H34N6O2. The van der Waals surface area contributed by atoms with Gasteiger partial charge in [0.25, 0.3) is 0 Å². The van der Waals surface area contributed by atoms with Gasteiger partial charge in [-0.2, -0.15) is 0 Å². The minimum absolute atomic E-state index is 0.249. The van der Waals surface area contributed by atoms with Crippen LogP contribution in [0.4, 0.5) is 11.5 Å². The lowest BCUT2D eigenvalue weighted by Crippen LogP contribution is -2.52. The zero-order valence-electron chi connectivity index (χ0n) is 19.3. The minimum Gasteiger partial charge on any atom is -0.495 e. The summed E-state index contributed by atoms with van der Waals surface area (Å²) in [5, 5.41) is 3.50. The van der Waals surface area contributed by atoms with E-state index in [4.69, 9.17) is 9.47 Å². The van der Waals surface area contributed by atoms with Crippen LogP contribution in [0.1, 0.15) is 12.5 Å². The Morgan fingerprint density at radius 3 is 2.62 bits per heavy atom. The number of nitrogens with one attached hydrogen (secondary N) is 1. The summed E-state index contributed by atoms with van der Waals surface area (Å²) in [4.78, 5) is 16.1. The monoisotopic (exact) mass is 438 g/mol. The molecule has 1 unspecified atom stereocenters. The Labute approximate surface area is 190 Å². The van der Waals surface area contributed by atoms with E-state index in [1.165, 1.54) is 0 Å². The Bertz CT molecular complexity index is 896. The molecule has 2 saturated heterocycles.